The zero-order valence-corrected chi connectivity index (χ0v) is 16.4. The third-order valence-electron chi connectivity index (χ3n) is 3.73. The first-order valence-electron chi connectivity index (χ1n) is 8.42. The van der Waals surface area contributed by atoms with Gasteiger partial charge >= 0.3 is 0 Å². The summed E-state index contributed by atoms with van der Waals surface area (Å²) in [4.78, 5) is 4.14. The summed E-state index contributed by atoms with van der Waals surface area (Å²) >= 11 is 5.97. The third kappa shape index (κ3) is 7.45. The minimum atomic E-state index is -3.11. The van der Waals surface area contributed by atoms with E-state index >= 15 is 0 Å². The van der Waals surface area contributed by atoms with Crippen LogP contribution in [0.1, 0.15) is 17.5 Å². The van der Waals surface area contributed by atoms with Crippen molar-refractivity contribution in [1.29, 1.82) is 0 Å². The van der Waals surface area contributed by atoms with Crippen LogP contribution < -0.4 is 10.6 Å². The average molecular weight is 394 g/mol. The van der Waals surface area contributed by atoms with Crippen molar-refractivity contribution in [3.63, 3.8) is 0 Å². The van der Waals surface area contributed by atoms with Crippen molar-refractivity contribution in [2.24, 2.45) is 4.99 Å². The van der Waals surface area contributed by atoms with E-state index in [0.29, 0.717) is 30.5 Å². The average Bonchev–Trinajstić information content (AvgIpc) is 2.61. The molecule has 0 radical (unpaired) electrons. The Kier molecular flexibility index (Phi) is 7.94. The van der Waals surface area contributed by atoms with Crippen LogP contribution in [-0.2, 0) is 22.1 Å². The molecule has 0 aliphatic rings. The van der Waals surface area contributed by atoms with Crippen molar-refractivity contribution >= 4 is 27.4 Å². The first-order valence-corrected chi connectivity index (χ1v) is 10.6. The Labute approximate surface area is 160 Å². The maximum absolute atomic E-state index is 12.2. The van der Waals surface area contributed by atoms with E-state index in [1.54, 1.807) is 7.05 Å². The van der Waals surface area contributed by atoms with Crippen molar-refractivity contribution in [2.75, 3.05) is 19.3 Å². The minimum Gasteiger partial charge on any atom is -0.356 e. The molecule has 0 fully saturated rings. The molecule has 2 rings (SSSR count). The van der Waals surface area contributed by atoms with E-state index in [-0.39, 0.29) is 11.5 Å². The summed E-state index contributed by atoms with van der Waals surface area (Å²) < 4.78 is 24.3. The predicted octanol–water partition coefficient (Wildman–Crippen LogP) is 3.01. The summed E-state index contributed by atoms with van der Waals surface area (Å²) in [6.45, 7) is 1.12. The smallest absolute Gasteiger partial charge is 0.191 e. The van der Waals surface area contributed by atoms with Crippen LogP contribution in [0.25, 0.3) is 0 Å². The molecular weight excluding hydrogens is 370 g/mol. The van der Waals surface area contributed by atoms with Gasteiger partial charge in [-0.3, -0.25) is 4.99 Å². The molecule has 0 aromatic heterocycles. The van der Waals surface area contributed by atoms with Crippen LogP contribution in [0.15, 0.2) is 59.6 Å². The Balaban J connectivity index is 1.72. The highest BCUT2D eigenvalue weighted by molar-refractivity contribution is 7.90. The summed E-state index contributed by atoms with van der Waals surface area (Å²) in [5.41, 5.74) is 1.87. The number of nitrogens with one attached hydrogen (secondary N) is 2. The van der Waals surface area contributed by atoms with Crippen molar-refractivity contribution in [3.05, 3.63) is 70.7 Å². The van der Waals surface area contributed by atoms with E-state index in [1.807, 2.05) is 54.6 Å². The monoisotopic (exact) mass is 393 g/mol. The number of benzene rings is 2. The fourth-order valence-electron chi connectivity index (χ4n) is 2.45. The highest BCUT2D eigenvalue weighted by Crippen LogP contribution is 2.10. The molecule has 0 amide bonds. The molecule has 0 saturated heterocycles. The molecule has 0 bridgehead atoms. The van der Waals surface area contributed by atoms with Crippen molar-refractivity contribution in [3.8, 4) is 0 Å². The van der Waals surface area contributed by atoms with Crippen LogP contribution in [0.2, 0.25) is 5.02 Å². The summed E-state index contributed by atoms with van der Waals surface area (Å²) in [5.74, 6) is 0.848. The first-order chi connectivity index (χ1) is 12.5. The molecule has 0 heterocycles. The number of halogens is 1. The second-order valence-electron chi connectivity index (χ2n) is 5.91. The van der Waals surface area contributed by atoms with Crippen LogP contribution in [-0.4, -0.2) is 33.7 Å². The molecule has 26 heavy (non-hydrogen) atoms. The fraction of sp³-hybridized carbons (Fsp3) is 0.316. The predicted molar refractivity (Wildman–Crippen MR) is 108 cm³/mol. The lowest BCUT2D eigenvalue weighted by atomic mass is 10.2. The van der Waals surface area contributed by atoms with Crippen LogP contribution >= 0.6 is 11.6 Å². The van der Waals surface area contributed by atoms with Gasteiger partial charge in [0, 0.05) is 25.2 Å². The number of sulfone groups is 1. The van der Waals surface area contributed by atoms with Gasteiger partial charge in [0.1, 0.15) is 0 Å². The van der Waals surface area contributed by atoms with Gasteiger partial charge in [-0.2, -0.15) is 0 Å². The molecule has 0 aliphatic carbocycles. The molecule has 7 heteroatoms. The molecule has 0 unspecified atom stereocenters. The summed E-state index contributed by atoms with van der Waals surface area (Å²) in [5, 5.41) is 7.00. The summed E-state index contributed by atoms with van der Waals surface area (Å²) in [6.07, 6.45) is 0.521. The van der Waals surface area contributed by atoms with Gasteiger partial charge in [0.05, 0.1) is 11.5 Å². The van der Waals surface area contributed by atoms with Gasteiger partial charge in [0.25, 0.3) is 0 Å². The Morgan fingerprint density at radius 2 is 1.77 bits per heavy atom. The lowest BCUT2D eigenvalue weighted by Crippen LogP contribution is -2.37. The number of nitrogens with zero attached hydrogens (tertiary/aromatic N) is 1. The highest BCUT2D eigenvalue weighted by Gasteiger charge is 2.11. The Hall–Kier alpha value is -2.05. The lowest BCUT2D eigenvalue weighted by Gasteiger charge is -2.12. The van der Waals surface area contributed by atoms with Gasteiger partial charge in [-0.05, 0) is 29.7 Å². The lowest BCUT2D eigenvalue weighted by molar-refractivity contribution is 0.591. The molecule has 140 valence electrons. The molecule has 0 aliphatic heterocycles. The van der Waals surface area contributed by atoms with E-state index in [0.717, 1.165) is 11.1 Å². The first kappa shape index (κ1) is 20.3. The van der Waals surface area contributed by atoms with E-state index < -0.39 is 9.84 Å². The van der Waals surface area contributed by atoms with E-state index in [1.165, 1.54) is 0 Å². The Bertz CT molecular complexity index is 824. The Morgan fingerprint density at radius 1 is 1.04 bits per heavy atom. The number of aliphatic imine (C=N–C) groups is 1. The maximum atomic E-state index is 12.2. The molecule has 2 N–H and O–H groups in total. The molecule has 0 atom stereocenters. The normalized spacial score (nSPS) is 12.0. The van der Waals surface area contributed by atoms with Crippen LogP contribution in [0.4, 0.5) is 0 Å². The van der Waals surface area contributed by atoms with Gasteiger partial charge in [-0.15, -0.1) is 0 Å². The van der Waals surface area contributed by atoms with E-state index in [4.69, 9.17) is 11.6 Å². The van der Waals surface area contributed by atoms with Gasteiger partial charge < -0.3 is 10.6 Å². The molecule has 5 nitrogen and oxygen atoms in total. The number of rotatable bonds is 8. The van der Waals surface area contributed by atoms with E-state index in [2.05, 4.69) is 15.6 Å². The summed E-state index contributed by atoms with van der Waals surface area (Å²) in [7, 11) is -1.43. The molecule has 0 spiro atoms. The molecular formula is C19H24ClN3O2S. The van der Waals surface area contributed by atoms with Gasteiger partial charge in [-0.1, -0.05) is 54.1 Å². The zero-order chi connectivity index (χ0) is 18.8. The number of guanidine groups is 1. The minimum absolute atomic E-state index is 0.0789. The maximum Gasteiger partial charge on any atom is 0.191 e. The second-order valence-corrected chi connectivity index (χ2v) is 8.53. The van der Waals surface area contributed by atoms with Crippen molar-refractivity contribution in [2.45, 2.75) is 18.7 Å². The third-order valence-corrected chi connectivity index (χ3v) is 5.65. The largest absolute Gasteiger partial charge is 0.356 e. The SMILES string of the molecule is CN=C(NCCCS(=O)(=O)Cc1ccccc1)NCc1cccc(Cl)c1. The molecule has 0 saturated carbocycles. The van der Waals surface area contributed by atoms with Gasteiger partial charge in [0.15, 0.2) is 15.8 Å². The fourth-order valence-corrected chi connectivity index (χ4v) is 4.09. The zero-order valence-electron chi connectivity index (χ0n) is 14.8. The van der Waals surface area contributed by atoms with Gasteiger partial charge in [-0.25, -0.2) is 8.42 Å². The standard InChI is InChI=1S/C19H24ClN3O2S/c1-21-19(23-14-17-9-5-10-18(20)13-17)22-11-6-12-26(24,25)15-16-7-3-2-4-8-16/h2-5,7-10,13H,6,11-12,14-15H2,1H3,(H2,21,22,23). The second kappa shape index (κ2) is 10.2. The molecule has 2 aromatic carbocycles. The topological polar surface area (TPSA) is 70.6 Å². The molecule has 2 aromatic rings. The highest BCUT2D eigenvalue weighted by atomic mass is 35.5. The number of hydrogen-bond donors (Lipinski definition) is 2. The van der Waals surface area contributed by atoms with Gasteiger partial charge in [0.2, 0.25) is 0 Å². The van der Waals surface area contributed by atoms with Crippen LogP contribution in [0.3, 0.4) is 0 Å². The number of hydrogen-bond acceptors (Lipinski definition) is 3. The summed E-state index contributed by atoms with van der Waals surface area (Å²) in [6, 6.07) is 16.8. The van der Waals surface area contributed by atoms with Crippen LogP contribution in [0.5, 0.6) is 0 Å². The van der Waals surface area contributed by atoms with Crippen LogP contribution in [0, 0.1) is 0 Å². The van der Waals surface area contributed by atoms with E-state index in [9.17, 15) is 8.42 Å². The Morgan fingerprint density at radius 3 is 2.46 bits per heavy atom. The van der Waals surface area contributed by atoms with Crippen molar-refractivity contribution < 1.29 is 8.42 Å². The quantitative estimate of drug-likeness (QED) is 0.411. The van der Waals surface area contributed by atoms with Crippen molar-refractivity contribution in [1.82, 2.24) is 10.6 Å².